The second kappa shape index (κ2) is 5.42. The van der Waals surface area contributed by atoms with Crippen molar-refractivity contribution >= 4 is 6.72 Å². The molecule has 11 heavy (non-hydrogen) atoms. The number of nitrogens with zero attached hydrogens (tertiary/aromatic N) is 1. The molecule has 0 spiro atoms. The number of aliphatic imine (C=N–C) groups is 1. The number of hydrogen-bond acceptors (Lipinski definition) is 1. The first-order valence-corrected chi connectivity index (χ1v) is 3.38. The Morgan fingerprint density at radius 2 is 1.82 bits per heavy atom. The Morgan fingerprint density at radius 1 is 1.27 bits per heavy atom. The molecule has 0 aromatic rings. The molecule has 0 aromatic heterocycles. The summed E-state index contributed by atoms with van der Waals surface area (Å²) in [5.41, 5.74) is 1.70. The van der Waals surface area contributed by atoms with Gasteiger partial charge < -0.3 is 0 Å². The van der Waals surface area contributed by atoms with Gasteiger partial charge in [-0.05, 0) is 25.3 Å². The molecule has 0 fully saturated rings. The van der Waals surface area contributed by atoms with Crippen molar-refractivity contribution < 1.29 is 0 Å². The van der Waals surface area contributed by atoms with Crippen molar-refractivity contribution in [1.29, 1.82) is 0 Å². The predicted molar refractivity (Wildman–Crippen MR) is 51.8 cm³/mol. The number of allylic oxidation sites excluding steroid dienone is 5. The zero-order valence-corrected chi connectivity index (χ0v) is 6.88. The highest BCUT2D eigenvalue weighted by molar-refractivity contribution is 5.43. The first-order chi connectivity index (χ1) is 5.29. The van der Waals surface area contributed by atoms with Crippen LogP contribution >= 0.6 is 0 Å². The predicted octanol–water partition coefficient (Wildman–Crippen LogP) is 2.89. The van der Waals surface area contributed by atoms with Crippen molar-refractivity contribution in [1.82, 2.24) is 0 Å². The molecule has 0 unspecified atom stereocenters. The maximum atomic E-state index is 3.82. The van der Waals surface area contributed by atoms with Gasteiger partial charge in [-0.1, -0.05) is 31.4 Å². The average Bonchev–Trinajstić information content (AvgIpc) is 2.05. The van der Waals surface area contributed by atoms with Gasteiger partial charge in [0.15, 0.2) is 0 Å². The minimum absolute atomic E-state index is 0.803. The molecule has 0 aliphatic carbocycles. The largest absolute Gasteiger partial charge is 0.264 e. The highest BCUT2D eigenvalue weighted by Crippen LogP contribution is 2.08. The zero-order chi connectivity index (χ0) is 8.69. The van der Waals surface area contributed by atoms with Crippen LogP contribution in [0.4, 0.5) is 0 Å². The molecule has 0 amide bonds. The number of rotatable bonds is 4. The summed E-state index contributed by atoms with van der Waals surface area (Å²) in [6.45, 7) is 12.6. The van der Waals surface area contributed by atoms with Crippen LogP contribution in [0, 0.1) is 0 Å². The fourth-order valence-electron chi connectivity index (χ4n) is 0.691. The van der Waals surface area contributed by atoms with Gasteiger partial charge in [-0.2, -0.15) is 0 Å². The van der Waals surface area contributed by atoms with Crippen LogP contribution in [-0.4, -0.2) is 6.72 Å². The van der Waals surface area contributed by atoms with Gasteiger partial charge in [-0.15, -0.1) is 0 Å². The van der Waals surface area contributed by atoms with Crippen LogP contribution in [0.5, 0.6) is 0 Å². The Balaban J connectivity index is 4.90. The van der Waals surface area contributed by atoms with E-state index in [1.165, 1.54) is 0 Å². The van der Waals surface area contributed by atoms with E-state index < -0.39 is 0 Å². The smallest absolute Gasteiger partial charge is 0.0690 e. The summed E-state index contributed by atoms with van der Waals surface area (Å²) < 4.78 is 0. The average molecular weight is 147 g/mol. The molecule has 0 atom stereocenters. The summed E-state index contributed by atoms with van der Waals surface area (Å²) in [7, 11) is 0. The third kappa shape index (κ3) is 2.80. The van der Waals surface area contributed by atoms with Gasteiger partial charge in [0.05, 0.1) is 5.70 Å². The van der Waals surface area contributed by atoms with Gasteiger partial charge in [-0.3, -0.25) is 4.99 Å². The van der Waals surface area contributed by atoms with Gasteiger partial charge in [0, 0.05) is 0 Å². The highest BCUT2D eigenvalue weighted by Gasteiger charge is 1.91. The molecule has 1 heteroatoms. The van der Waals surface area contributed by atoms with E-state index in [1.54, 1.807) is 12.2 Å². The Morgan fingerprint density at radius 3 is 2.09 bits per heavy atom. The molecule has 0 rings (SSSR count). The summed E-state index contributed by atoms with van der Waals surface area (Å²) in [5, 5.41) is 0. The minimum Gasteiger partial charge on any atom is -0.264 e. The second-order valence-electron chi connectivity index (χ2n) is 1.91. The minimum atomic E-state index is 0.803. The van der Waals surface area contributed by atoms with Crippen molar-refractivity contribution in [3.8, 4) is 0 Å². The monoisotopic (exact) mass is 147 g/mol. The first kappa shape index (κ1) is 9.63. The molecule has 0 saturated heterocycles. The van der Waals surface area contributed by atoms with E-state index in [-0.39, 0.29) is 0 Å². The van der Waals surface area contributed by atoms with Crippen molar-refractivity contribution in [2.24, 2.45) is 4.99 Å². The molecule has 0 aromatic carbocycles. The van der Waals surface area contributed by atoms with E-state index in [2.05, 4.69) is 24.9 Å². The maximum absolute atomic E-state index is 3.82. The van der Waals surface area contributed by atoms with Crippen molar-refractivity contribution in [3.05, 3.63) is 48.7 Å². The van der Waals surface area contributed by atoms with Gasteiger partial charge in [0.2, 0.25) is 0 Å². The molecular formula is C10H13N. The van der Waals surface area contributed by atoms with Crippen LogP contribution in [0.25, 0.3) is 0 Å². The number of hydrogen-bond donors (Lipinski definition) is 0. The third-order valence-electron chi connectivity index (χ3n) is 1.23. The van der Waals surface area contributed by atoms with Gasteiger partial charge in [0.25, 0.3) is 0 Å². The fraction of sp³-hybridized carbons (Fsp3) is 0.100. The van der Waals surface area contributed by atoms with E-state index in [0.29, 0.717) is 0 Å². The zero-order valence-electron chi connectivity index (χ0n) is 6.88. The fourth-order valence-corrected chi connectivity index (χ4v) is 0.691. The van der Waals surface area contributed by atoms with E-state index in [9.17, 15) is 0 Å². The topological polar surface area (TPSA) is 12.4 Å². The lowest BCUT2D eigenvalue weighted by Crippen LogP contribution is -1.77. The lowest BCUT2D eigenvalue weighted by molar-refractivity contribution is 1.38. The summed E-state index contributed by atoms with van der Waals surface area (Å²) in [6, 6.07) is 0. The Kier molecular flexibility index (Phi) is 4.74. The van der Waals surface area contributed by atoms with Crippen molar-refractivity contribution in [2.45, 2.75) is 6.92 Å². The Hall–Kier alpha value is -1.37. The van der Waals surface area contributed by atoms with Crippen LogP contribution in [0.1, 0.15) is 6.92 Å². The van der Waals surface area contributed by atoms with E-state index >= 15 is 0 Å². The second-order valence-corrected chi connectivity index (χ2v) is 1.91. The van der Waals surface area contributed by atoms with Crippen LogP contribution in [-0.2, 0) is 0 Å². The molecule has 0 aliphatic rings. The SMILES string of the molecule is C=CC(C=C)=C(/C=C\C)N=C. The molecule has 0 N–H and O–H groups in total. The van der Waals surface area contributed by atoms with Gasteiger partial charge in [-0.25, -0.2) is 0 Å². The molecule has 58 valence electrons. The lowest BCUT2D eigenvalue weighted by atomic mass is 10.2. The molecule has 0 bridgehead atoms. The van der Waals surface area contributed by atoms with Crippen LogP contribution < -0.4 is 0 Å². The van der Waals surface area contributed by atoms with E-state index in [1.807, 2.05) is 19.1 Å². The molecule has 0 saturated carbocycles. The maximum Gasteiger partial charge on any atom is 0.0690 e. The van der Waals surface area contributed by atoms with Crippen LogP contribution in [0.3, 0.4) is 0 Å². The molecule has 1 nitrogen and oxygen atoms in total. The quantitative estimate of drug-likeness (QED) is 0.428. The summed E-state index contributed by atoms with van der Waals surface area (Å²) in [4.78, 5) is 3.82. The summed E-state index contributed by atoms with van der Waals surface area (Å²) >= 11 is 0. The van der Waals surface area contributed by atoms with E-state index in [4.69, 9.17) is 0 Å². The molecule has 0 heterocycles. The molecule has 0 radical (unpaired) electrons. The van der Waals surface area contributed by atoms with Crippen molar-refractivity contribution in [2.75, 3.05) is 0 Å². The molecule has 0 aliphatic heterocycles. The van der Waals surface area contributed by atoms with Gasteiger partial charge >= 0.3 is 0 Å². The normalized spacial score (nSPS) is 9.18. The standard InChI is InChI=1S/C10H13N/c1-5-8-10(11-4)9(6-2)7-3/h5-8H,2-4H2,1H3/b8-5-. The van der Waals surface area contributed by atoms with Crippen molar-refractivity contribution in [3.63, 3.8) is 0 Å². The highest BCUT2D eigenvalue weighted by atomic mass is 14.7. The lowest BCUT2D eigenvalue weighted by Gasteiger charge is -1.96. The third-order valence-corrected chi connectivity index (χ3v) is 1.23. The van der Waals surface area contributed by atoms with Crippen LogP contribution in [0.15, 0.2) is 53.7 Å². The summed E-state index contributed by atoms with van der Waals surface area (Å²) in [5.74, 6) is 0. The van der Waals surface area contributed by atoms with E-state index in [0.717, 1.165) is 11.3 Å². The molecular weight excluding hydrogens is 134 g/mol. The Labute approximate surface area is 68.2 Å². The first-order valence-electron chi connectivity index (χ1n) is 3.38. The van der Waals surface area contributed by atoms with Crippen LogP contribution in [0.2, 0.25) is 0 Å². The van der Waals surface area contributed by atoms with Gasteiger partial charge in [0.1, 0.15) is 0 Å². The summed E-state index contributed by atoms with van der Waals surface area (Å²) in [6.07, 6.45) is 7.18. The Bertz CT molecular complexity index is 209.